The Kier molecular flexibility index (Phi) is 9.32. The molecule has 0 saturated carbocycles. The summed E-state index contributed by atoms with van der Waals surface area (Å²) in [7, 11) is 0. The lowest BCUT2D eigenvalue weighted by atomic mass is 10.1. The van der Waals surface area contributed by atoms with Crippen molar-refractivity contribution in [3.05, 3.63) is 23.2 Å². The average molecular weight is 311 g/mol. The van der Waals surface area contributed by atoms with Gasteiger partial charge in [0.2, 0.25) is 0 Å². The molecule has 0 saturated heterocycles. The number of unbranched alkanes of at least 4 members (excludes halogenated alkanes) is 6. The van der Waals surface area contributed by atoms with Gasteiger partial charge in [-0.1, -0.05) is 64.0 Å². The Morgan fingerprint density at radius 1 is 0.905 bits per heavy atom. The molecule has 0 heterocycles. The maximum Gasteiger partial charge on any atom is 0.0656 e. The van der Waals surface area contributed by atoms with Crippen LogP contribution in [0.4, 0.5) is 11.4 Å². The first kappa shape index (κ1) is 18.2. The maximum absolute atomic E-state index is 6.17. The summed E-state index contributed by atoms with van der Waals surface area (Å²) in [6.07, 6.45) is 10.3. The average Bonchev–Trinajstić information content (AvgIpc) is 2.48. The van der Waals surface area contributed by atoms with Crippen LogP contribution in [0.3, 0.4) is 0 Å². The smallest absolute Gasteiger partial charge is 0.0656 e. The van der Waals surface area contributed by atoms with E-state index >= 15 is 0 Å². The monoisotopic (exact) mass is 310 g/mol. The highest BCUT2D eigenvalue weighted by atomic mass is 35.5. The Morgan fingerprint density at radius 3 is 1.95 bits per heavy atom. The fourth-order valence-electron chi connectivity index (χ4n) is 2.54. The molecule has 0 aliphatic carbocycles. The Hall–Kier alpha value is -0.890. The maximum atomic E-state index is 6.17. The molecular formula is C18H31ClN2. The molecule has 0 spiro atoms. The van der Waals surface area contributed by atoms with Crippen LogP contribution >= 0.6 is 11.6 Å². The summed E-state index contributed by atoms with van der Waals surface area (Å²) in [6, 6.07) is 6.03. The molecule has 21 heavy (non-hydrogen) atoms. The molecular weight excluding hydrogens is 280 g/mol. The number of halogens is 1. The second kappa shape index (κ2) is 10.8. The third-order valence-electron chi connectivity index (χ3n) is 3.91. The Bertz CT molecular complexity index is 381. The zero-order valence-electron chi connectivity index (χ0n) is 13.7. The van der Waals surface area contributed by atoms with Gasteiger partial charge >= 0.3 is 0 Å². The van der Waals surface area contributed by atoms with Crippen LogP contribution < -0.4 is 10.6 Å². The summed E-state index contributed by atoms with van der Waals surface area (Å²) in [5.74, 6) is 0. The normalized spacial score (nSPS) is 10.8. The first-order valence-corrected chi connectivity index (χ1v) is 8.86. The Morgan fingerprint density at radius 2 is 1.48 bits per heavy atom. The minimum Gasteiger partial charge on any atom is -0.398 e. The van der Waals surface area contributed by atoms with E-state index in [4.69, 9.17) is 17.3 Å². The van der Waals surface area contributed by atoms with Gasteiger partial charge in [-0.05, 0) is 31.0 Å². The highest BCUT2D eigenvalue weighted by Crippen LogP contribution is 2.26. The molecule has 0 aromatic heterocycles. The van der Waals surface area contributed by atoms with E-state index in [0.29, 0.717) is 10.7 Å². The van der Waals surface area contributed by atoms with Crippen LogP contribution in [-0.4, -0.2) is 13.1 Å². The second-order valence-corrected chi connectivity index (χ2v) is 6.22. The van der Waals surface area contributed by atoms with E-state index in [0.717, 1.165) is 13.1 Å². The molecule has 1 aromatic carbocycles. The van der Waals surface area contributed by atoms with Gasteiger partial charge in [0.25, 0.3) is 0 Å². The summed E-state index contributed by atoms with van der Waals surface area (Å²) >= 11 is 6.17. The first-order chi connectivity index (χ1) is 10.2. The van der Waals surface area contributed by atoms with E-state index in [-0.39, 0.29) is 0 Å². The van der Waals surface area contributed by atoms with Gasteiger partial charge < -0.3 is 10.6 Å². The van der Waals surface area contributed by atoms with Gasteiger partial charge in [-0.2, -0.15) is 0 Å². The molecule has 0 bridgehead atoms. The van der Waals surface area contributed by atoms with Crippen molar-refractivity contribution in [3.8, 4) is 0 Å². The van der Waals surface area contributed by atoms with E-state index in [1.807, 2.05) is 12.1 Å². The van der Waals surface area contributed by atoms with Crippen LogP contribution in [0.5, 0.6) is 0 Å². The molecule has 0 aliphatic rings. The Labute approximate surface area is 135 Å². The van der Waals surface area contributed by atoms with Crippen LogP contribution in [0, 0.1) is 0 Å². The number of benzene rings is 1. The van der Waals surface area contributed by atoms with E-state index < -0.39 is 0 Å². The highest BCUT2D eigenvalue weighted by Gasteiger charge is 2.08. The van der Waals surface area contributed by atoms with Gasteiger partial charge in [0.15, 0.2) is 0 Å². The lowest BCUT2D eigenvalue weighted by Crippen LogP contribution is -2.25. The van der Waals surface area contributed by atoms with Crippen molar-refractivity contribution in [1.82, 2.24) is 0 Å². The molecule has 2 nitrogen and oxygen atoms in total. The summed E-state index contributed by atoms with van der Waals surface area (Å²) in [4.78, 5) is 2.47. The molecule has 0 amide bonds. The summed E-state index contributed by atoms with van der Waals surface area (Å²) < 4.78 is 0. The van der Waals surface area contributed by atoms with Crippen LogP contribution in [-0.2, 0) is 0 Å². The van der Waals surface area contributed by atoms with Crippen LogP contribution in [0.2, 0.25) is 5.02 Å². The van der Waals surface area contributed by atoms with Crippen LogP contribution in [0.25, 0.3) is 0 Å². The van der Waals surface area contributed by atoms with Gasteiger partial charge in [0.05, 0.1) is 10.7 Å². The molecule has 0 aliphatic heterocycles. The summed E-state index contributed by atoms with van der Waals surface area (Å²) in [5, 5.41) is 0.666. The largest absolute Gasteiger partial charge is 0.398 e. The standard InChI is InChI=1S/C18H31ClN2/c1-3-5-7-9-13-21(14-10-8-6-4-2)16-11-12-18(20)17(19)15-16/h11-12,15H,3-10,13-14,20H2,1-2H3. The lowest BCUT2D eigenvalue weighted by Gasteiger charge is -2.25. The molecule has 0 unspecified atom stereocenters. The van der Waals surface area contributed by atoms with Gasteiger partial charge in [-0.15, -0.1) is 0 Å². The zero-order valence-corrected chi connectivity index (χ0v) is 14.5. The number of nitrogens with zero attached hydrogens (tertiary/aromatic N) is 1. The Balaban J connectivity index is 2.58. The van der Waals surface area contributed by atoms with E-state index in [1.54, 1.807) is 0 Å². The predicted molar refractivity (Wildman–Crippen MR) is 96.4 cm³/mol. The van der Waals surface area contributed by atoms with Crippen molar-refractivity contribution in [2.24, 2.45) is 0 Å². The topological polar surface area (TPSA) is 29.3 Å². The molecule has 1 aromatic rings. The van der Waals surface area contributed by atoms with Gasteiger partial charge in [0.1, 0.15) is 0 Å². The van der Waals surface area contributed by atoms with Crippen molar-refractivity contribution in [2.75, 3.05) is 23.7 Å². The molecule has 1 rings (SSSR count). The van der Waals surface area contributed by atoms with Crippen LogP contribution in [0.15, 0.2) is 18.2 Å². The number of hydrogen-bond acceptors (Lipinski definition) is 2. The zero-order chi connectivity index (χ0) is 15.5. The number of nitrogen functional groups attached to an aromatic ring is 1. The van der Waals surface area contributed by atoms with E-state index in [9.17, 15) is 0 Å². The van der Waals surface area contributed by atoms with Gasteiger partial charge in [-0.25, -0.2) is 0 Å². The summed E-state index contributed by atoms with van der Waals surface area (Å²) in [6.45, 7) is 6.74. The van der Waals surface area contributed by atoms with Crippen molar-refractivity contribution < 1.29 is 0 Å². The predicted octanol–water partition coefficient (Wildman–Crippen LogP) is 5.89. The fourth-order valence-corrected chi connectivity index (χ4v) is 2.72. The SMILES string of the molecule is CCCCCCN(CCCCCC)c1ccc(N)c(Cl)c1. The molecule has 0 radical (unpaired) electrons. The third-order valence-corrected chi connectivity index (χ3v) is 4.24. The minimum absolute atomic E-state index is 0.664. The van der Waals surface area contributed by atoms with Crippen LogP contribution in [0.1, 0.15) is 65.2 Å². The van der Waals surface area contributed by atoms with Gasteiger partial charge in [0, 0.05) is 18.8 Å². The highest BCUT2D eigenvalue weighted by molar-refractivity contribution is 6.33. The molecule has 0 atom stereocenters. The second-order valence-electron chi connectivity index (χ2n) is 5.81. The number of nitrogens with two attached hydrogens (primary N) is 1. The number of rotatable bonds is 11. The van der Waals surface area contributed by atoms with Gasteiger partial charge in [-0.3, -0.25) is 0 Å². The van der Waals surface area contributed by atoms with Crippen molar-refractivity contribution in [3.63, 3.8) is 0 Å². The molecule has 3 heteroatoms. The third kappa shape index (κ3) is 7.08. The van der Waals surface area contributed by atoms with E-state index in [1.165, 1.54) is 57.1 Å². The van der Waals surface area contributed by atoms with Crippen molar-refractivity contribution in [1.29, 1.82) is 0 Å². The van der Waals surface area contributed by atoms with E-state index in [2.05, 4.69) is 24.8 Å². The van der Waals surface area contributed by atoms with Crippen molar-refractivity contribution in [2.45, 2.75) is 65.2 Å². The van der Waals surface area contributed by atoms with Crippen molar-refractivity contribution >= 4 is 23.0 Å². The molecule has 2 N–H and O–H groups in total. The molecule has 0 fully saturated rings. The molecule has 120 valence electrons. The minimum atomic E-state index is 0.664. The number of anilines is 2. The first-order valence-electron chi connectivity index (χ1n) is 8.49. The quantitative estimate of drug-likeness (QED) is 0.408. The lowest BCUT2D eigenvalue weighted by molar-refractivity contribution is 0.609. The fraction of sp³-hybridized carbons (Fsp3) is 0.667. The number of hydrogen-bond donors (Lipinski definition) is 1. The summed E-state index contributed by atoms with van der Waals surface area (Å²) in [5.41, 5.74) is 7.69.